The first-order valence-electron chi connectivity index (χ1n) is 4.85. The molecular formula is C12H14N2O. The Morgan fingerprint density at radius 3 is 2.73 bits per heavy atom. The van der Waals surface area contributed by atoms with Crippen molar-refractivity contribution in [3.63, 3.8) is 0 Å². The molecule has 1 aromatic heterocycles. The normalized spacial score (nSPS) is 11.6. The van der Waals surface area contributed by atoms with Crippen LogP contribution >= 0.6 is 0 Å². The van der Waals surface area contributed by atoms with E-state index in [0.717, 1.165) is 16.9 Å². The van der Waals surface area contributed by atoms with Crippen LogP contribution < -0.4 is 5.73 Å². The van der Waals surface area contributed by atoms with Crippen molar-refractivity contribution < 1.29 is 4.42 Å². The molecule has 2 rings (SSSR count). The smallest absolute Gasteiger partial charge is 0.180 e. The van der Waals surface area contributed by atoms with Gasteiger partial charge in [0.25, 0.3) is 0 Å². The van der Waals surface area contributed by atoms with E-state index in [1.807, 2.05) is 24.3 Å². The first-order valence-corrected chi connectivity index (χ1v) is 4.85. The highest BCUT2D eigenvalue weighted by atomic mass is 16.3. The summed E-state index contributed by atoms with van der Waals surface area (Å²) in [6, 6.07) is 7.84. The number of anilines is 1. The van der Waals surface area contributed by atoms with Crippen molar-refractivity contribution in [2.45, 2.75) is 19.3 Å². The summed E-state index contributed by atoms with van der Waals surface area (Å²) in [5.41, 5.74) is 8.40. The van der Waals surface area contributed by atoms with Crippen molar-refractivity contribution in [2.75, 3.05) is 5.73 Å². The summed E-state index contributed by atoms with van der Waals surface area (Å²) in [5, 5.41) is 0. The Morgan fingerprint density at radius 1 is 1.33 bits per heavy atom. The number of oxazole rings is 1. The number of nitrogens with zero attached hydrogens (tertiary/aromatic N) is 1. The molecule has 78 valence electrons. The van der Waals surface area contributed by atoms with Crippen molar-refractivity contribution in [3.8, 4) is 0 Å². The number of hydrogen-bond donors (Lipinski definition) is 1. The molecule has 2 N–H and O–H groups in total. The fourth-order valence-corrected chi connectivity index (χ4v) is 1.60. The van der Waals surface area contributed by atoms with Crippen molar-refractivity contribution >= 4 is 5.69 Å². The van der Waals surface area contributed by atoms with Gasteiger partial charge in [-0.3, -0.25) is 0 Å². The molecule has 0 aliphatic rings. The lowest BCUT2D eigenvalue weighted by Gasteiger charge is -2.22. The van der Waals surface area contributed by atoms with Crippen LogP contribution in [0.5, 0.6) is 0 Å². The molecule has 0 saturated heterocycles. The van der Waals surface area contributed by atoms with Gasteiger partial charge in [0.1, 0.15) is 6.26 Å². The van der Waals surface area contributed by atoms with Gasteiger partial charge in [-0.25, -0.2) is 4.98 Å². The van der Waals surface area contributed by atoms with Crippen molar-refractivity contribution in [3.05, 3.63) is 48.2 Å². The highest BCUT2D eigenvalue weighted by Crippen LogP contribution is 2.30. The summed E-state index contributed by atoms with van der Waals surface area (Å²) in [5.74, 6) is 0. The molecule has 0 amide bonds. The van der Waals surface area contributed by atoms with Crippen molar-refractivity contribution in [1.82, 2.24) is 4.98 Å². The molecule has 0 radical (unpaired) electrons. The van der Waals surface area contributed by atoms with E-state index in [-0.39, 0.29) is 5.41 Å². The van der Waals surface area contributed by atoms with Crippen LogP contribution in [0.15, 0.2) is 41.3 Å². The molecule has 1 aromatic carbocycles. The number of hydrogen-bond acceptors (Lipinski definition) is 3. The number of nitrogens with two attached hydrogens (primary N) is 1. The first kappa shape index (κ1) is 9.77. The van der Waals surface area contributed by atoms with Gasteiger partial charge in [0.2, 0.25) is 0 Å². The zero-order chi connectivity index (χ0) is 10.9. The van der Waals surface area contributed by atoms with Gasteiger partial charge in [-0.15, -0.1) is 0 Å². The number of rotatable bonds is 2. The Morgan fingerprint density at radius 2 is 2.13 bits per heavy atom. The van der Waals surface area contributed by atoms with Gasteiger partial charge in [-0.05, 0) is 17.7 Å². The Hall–Kier alpha value is -1.77. The van der Waals surface area contributed by atoms with Gasteiger partial charge in [-0.2, -0.15) is 0 Å². The van der Waals surface area contributed by atoms with Crippen LogP contribution in [0, 0.1) is 0 Å². The molecule has 0 aliphatic heterocycles. The summed E-state index contributed by atoms with van der Waals surface area (Å²) >= 11 is 0. The van der Waals surface area contributed by atoms with E-state index in [1.165, 1.54) is 6.39 Å². The third-order valence-corrected chi connectivity index (χ3v) is 2.68. The van der Waals surface area contributed by atoms with Gasteiger partial charge in [0, 0.05) is 11.1 Å². The van der Waals surface area contributed by atoms with Gasteiger partial charge in [0.05, 0.1) is 5.69 Å². The average Bonchev–Trinajstić information content (AvgIpc) is 2.71. The number of aromatic nitrogens is 1. The minimum absolute atomic E-state index is 0.178. The average molecular weight is 202 g/mol. The van der Waals surface area contributed by atoms with Gasteiger partial charge < -0.3 is 10.2 Å². The number of benzene rings is 1. The molecule has 3 nitrogen and oxygen atoms in total. The third kappa shape index (κ3) is 1.73. The van der Waals surface area contributed by atoms with E-state index < -0.39 is 0 Å². The maximum atomic E-state index is 5.76. The Labute approximate surface area is 88.9 Å². The van der Waals surface area contributed by atoms with Crippen LogP contribution in [0.1, 0.15) is 25.1 Å². The molecule has 0 aliphatic carbocycles. The van der Waals surface area contributed by atoms with E-state index in [2.05, 4.69) is 18.8 Å². The highest BCUT2D eigenvalue weighted by molar-refractivity contribution is 5.45. The molecule has 0 spiro atoms. The van der Waals surface area contributed by atoms with Crippen LogP contribution in [-0.4, -0.2) is 4.98 Å². The van der Waals surface area contributed by atoms with Crippen LogP contribution in [0.2, 0.25) is 0 Å². The van der Waals surface area contributed by atoms with E-state index in [4.69, 9.17) is 10.2 Å². The van der Waals surface area contributed by atoms with E-state index in [1.54, 1.807) is 6.26 Å². The van der Waals surface area contributed by atoms with Gasteiger partial charge >= 0.3 is 0 Å². The minimum Gasteiger partial charge on any atom is -0.451 e. The fourth-order valence-electron chi connectivity index (χ4n) is 1.60. The quantitative estimate of drug-likeness (QED) is 0.761. The van der Waals surface area contributed by atoms with Gasteiger partial charge in [0.15, 0.2) is 6.39 Å². The van der Waals surface area contributed by atoms with E-state index >= 15 is 0 Å². The van der Waals surface area contributed by atoms with E-state index in [0.29, 0.717) is 0 Å². The molecule has 0 atom stereocenters. The zero-order valence-electron chi connectivity index (χ0n) is 8.90. The lowest BCUT2D eigenvalue weighted by Crippen LogP contribution is -2.19. The molecular weight excluding hydrogens is 188 g/mol. The summed E-state index contributed by atoms with van der Waals surface area (Å²) in [4.78, 5) is 4.19. The standard InChI is InChI=1S/C12H14N2O/c1-12(2,11-7-15-8-14-11)9-4-3-5-10(13)6-9/h3-8H,13H2,1-2H3. The lowest BCUT2D eigenvalue weighted by molar-refractivity contribution is 0.547. The molecule has 1 heterocycles. The second kappa shape index (κ2) is 3.42. The molecule has 0 unspecified atom stereocenters. The Balaban J connectivity index is 2.46. The Kier molecular flexibility index (Phi) is 2.23. The molecule has 3 heteroatoms. The second-order valence-electron chi connectivity index (χ2n) is 4.12. The molecule has 0 fully saturated rings. The molecule has 2 aromatic rings. The highest BCUT2D eigenvalue weighted by Gasteiger charge is 2.25. The largest absolute Gasteiger partial charge is 0.451 e. The maximum Gasteiger partial charge on any atom is 0.180 e. The first-order chi connectivity index (χ1) is 7.10. The predicted octanol–water partition coefficient (Wildman–Crippen LogP) is 2.58. The van der Waals surface area contributed by atoms with Crippen LogP contribution in [0.3, 0.4) is 0 Å². The second-order valence-corrected chi connectivity index (χ2v) is 4.12. The summed E-state index contributed by atoms with van der Waals surface area (Å²) in [7, 11) is 0. The predicted molar refractivity (Wildman–Crippen MR) is 59.5 cm³/mol. The SMILES string of the molecule is CC(C)(c1cccc(N)c1)c1cocn1. The number of nitrogen functional groups attached to an aromatic ring is 1. The summed E-state index contributed by atoms with van der Waals surface area (Å²) < 4.78 is 5.01. The van der Waals surface area contributed by atoms with Crippen molar-refractivity contribution in [2.24, 2.45) is 0 Å². The molecule has 0 saturated carbocycles. The lowest BCUT2D eigenvalue weighted by atomic mass is 9.82. The van der Waals surface area contributed by atoms with E-state index in [9.17, 15) is 0 Å². The van der Waals surface area contributed by atoms with Crippen LogP contribution in [0.4, 0.5) is 5.69 Å². The fraction of sp³-hybridized carbons (Fsp3) is 0.250. The monoisotopic (exact) mass is 202 g/mol. The van der Waals surface area contributed by atoms with Crippen molar-refractivity contribution in [1.29, 1.82) is 0 Å². The van der Waals surface area contributed by atoms with Crippen LogP contribution in [0.25, 0.3) is 0 Å². The summed E-state index contributed by atoms with van der Waals surface area (Å²) in [6.07, 6.45) is 3.12. The molecule has 15 heavy (non-hydrogen) atoms. The maximum absolute atomic E-state index is 5.76. The zero-order valence-corrected chi connectivity index (χ0v) is 8.90. The Bertz CT molecular complexity index is 446. The molecule has 0 bridgehead atoms. The third-order valence-electron chi connectivity index (χ3n) is 2.68. The van der Waals surface area contributed by atoms with Crippen LogP contribution in [-0.2, 0) is 5.41 Å². The van der Waals surface area contributed by atoms with Gasteiger partial charge in [-0.1, -0.05) is 26.0 Å². The topological polar surface area (TPSA) is 52.0 Å². The minimum atomic E-state index is -0.178. The summed E-state index contributed by atoms with van der Waals surface area (Å²) in [6.45, 7) is 4.19.